The monoisotopic (exact) mass is 364 g/mol. The third kappa shape index (κ3) is 2.97. The van der Waals surface area contributed by atoms with Crippen LogP contribution >= 0.6 is 0 Å². The van der Waals surface area contributed by atoms with Crippen LogP contribution in [0.15, 0.2) is 48.5 Å². The van der Waals surface area contributed by atoms with Gasteiger partial charge in [0, 0.05) is 6.54 Å². The number of hydrogen-bond donors (Lipinski definition) is 0. The van der Waals surface area contributed by atoms with Crippen molar-refractivity contribution in [2.75, 3.05) is 20.2 Å². The molecule has 2 heterocycles. The molecule has 1 atom stereocenters. The van der Waals surface area contributed by atoms with Gasteiger partial charge in [-0.05, 0) is 42.7 Å². The number of methoxy groups -OCH3 is 1. The van der Waals surface area contributed by atoms with Crippen molar-refractivity contribution in [3.05, 3.63) is 65.2 Å². The van der Waals surface area contributed by atoms with E-state index >= 15 is 0 Å². The number of amides is 3. The highest BCUT2D eigenvalue weighted by Gasteiger charge is 2.38. The van der Waals surface area contributed by atoms with E-state index in [2.05, 4.69) is 0 Å². The fraction of sp³-hybridized carbons (Fsp3) is 0.286. The van der Waals surface area contributed by atoms with Crippen molar-refractivity contribution in [1.82, 2.24) is 9.80 Å². The number of nitrogens with zero attached hydrogens (tertiary/aromatic N) is 2. The van der Waals surface area contributed by atoms with Crippen molar-refractivity contribution in [1.29, 1.82) is 0 Å². The molecule has 0 saturated carbocycles. The Balaban J connectivity index is 1.51. The first-order chi connectivity index (χ1) is 13.1. The summed E-state index contributed by atoms with van der Waals surface area (Å²) in [6, 6.07) is 14.3. The van der Waals surface area contributed by atoms with Crippen LogP contribution in [-0.4, -0.2) is 47.7 Å². The summed E-state index contributed by atoms with van der Waals surface area (Å²) in [5.74, 6) is -0.239. The third-order valence-electron chi connectivity index (χ3n) is 5.25. The molecule has 4 rings (SSSR count). The Morgan fingerprint density at radius 1 is 1.04 bits per heavy atom. The van der Waals surface area contributed by atoms with Gasteiger partial charge in [-0.25, -0.2) is 0 Å². The summed E-state index contributed by atoms with van der Waals surface area (Å²) in [6.07, 6.45) is 1.75. The number of ether oxygens (including phenoxy) is 1. The number of hydrogen-bond acceptors (Lipinski definition) is 4. The normalized spacial score (nSPS) is 18.8. The molecule has 2 aromatic rings. The number of benzene rings is 2. The van der Waals surface area contributed by atoms with Gasteiger partial charge in [0.15, 0.2) is 0 Å². The molecule has 1 saturated heterocycles. The molecule has 0 radical (unpaired) electrons. The maximum absolute atomic E-state index is 12.9. The summed E-state index contributed by atoms with van der Waals surface area (Å²) in [6.45, 7) is 0.400. The van der Waals surface area contributed by atoms with Crippen molar-refractivity contribution >= 4 is 17.7 Å². The first-order valence-corrected chi connectivity index (χ1v) is 8.99. The average Bonchev–Trinajstić information content (AvgIpc) is 3.28. The molecule has 3 amide bonds. The maximum Gasteiger partial charge on any atom is 0.262 e. The smallest absolute Gasteiger partial charge is 0.262 e. The second kappa shape index (κ2) is 6.87. The third-order valence-corrected chi connectivity index (χ3v) is 5.25. The highest BCUT2D eigenvalue weighted by Crippen LogP contribution is 2.33. The van der Waals surface area contributed by atoms with Gasteiger partial charge < -0.3 is 9.64 Å². The number of likely N-dealkylation sites (tertiary alicyclic amines) is 1. The molecule has 6 heteroatoms. The van der Waals surface area contributed by atoms with Crippen molar-refractivity contribution < 1.29 is 19.1 Å². The number of carbonyl (C=O) groups excluding carboxylic acids is 3. The minimum atomic E-state index is -0.399. The van der Waals surface area contributed by atoms with Crippen LogP contribution in [0.5, 0.6) is 5.75 Å². The van der Waals surface area contributed by atoms with E-state index in [0.29, 0.717) is 17.7 Å². The van der Waals surface area contributed by atoms with E-state index in [0.717, 1.165) is 29.1 Å². The lowest BCUT2D eigenvalue weighted by atomic mass is 10.0. The maximum atomic E-state index is 12.9. The Bertz CT molecular complexity index is 872. The van der Waals surface area contributed by atoms with Crippen molar-refractivity contribution in [3.8, 4) is 5.75 Å². The van der Waals surface area contributed by atoms with E-state index < -0.39 is 11.8 Å². The molecule has 2 aliphatic heterocycles. The summed E-state index contributed by atoms with van der Waals surface area (Å²) < 4.78 is 5.19. The number of rotatable bonds is 4. The van der Waals surface area contributed by atoms with E-state index in [-0.39, 0.29) is 18.5 Å². The van der Waals surface area contributed by atoms with E-state index in [1.54, 1.807) is 36.3 Å². The van der Waals surface area contributed by atoms with Crippen LogP contribution in [0.4, 0.5) is 0 Å². The first-order valence-electron chi connectivity index (χ1n) is 8.99. The molecule has 1 fully saturated rings. The second-order valence-corrected chi connectivity index (χ2v) is 6.76. The van der Waals surface area contributed by atoms with Gasteiger partial charge in [0.1, 0.15) is 12.3 Å². The molecule has 6 nitrogen and oxygen atoms in total. The first kappa shape index (κ1) is 17.3. The minimum absolute atomic E-state index is 0.0430. The fourth-order valence-corrected chi connectivity index (χ4v) is 3.85. The van der Waals surface area contributed by atoms with Crippen LogP contribution in [-0.2, 0) is 4.79 Å². The van der Waals surface area contributed by atoms with E-state index in [1.807, 2.05) is 24.3 Å². The van der Waals surface area contributed by atoms with Gasteiger partial charge in [-0.1, -0.05) is 24.3 Å². The molecule has 138 valence electrons. The highest BCUT2D eigenvalue weighted by molar-refractivity contribution is 6.22. The summed E-state index contributed by atoms with van der Waals surface area (Å²) in [5, 5.41) is 0. The molecular formula is C21H20N2O4. The van der Waals surface area contributed by atoms with Crippen LogP contribution in [0, 0.1) is 0 Å². The van der Waals surface area contributed by atoms with Gasteiger partial charge in [-0.3, -0.25) is 19.3 Å². The minimum Gasteiger partial charge on any atom is -0.497 e. The lowest BCUT2D eigenvalue weighted by Crippen LogP contribution is -2.42. The zero-order chi connectivity index (χ0) is 19.0. The molecule has 27 heavy (non-hydrogen) atoms. The predicted octanol–water partition coefficient (Wildman–Crippen LogP) is 2.65. The van der Waals surface area contributed by atoms with Gasteiger partial charge in [0.25, 0.3) is 11.8 Å². The van der Waals surface area contributed by atoms with Gasteiger partial charge in [-0.2, -0.15) is 0 Å². The molecule has 0 spiro atoms. The van der Waals surface area contributed by atoms with E-state index in [9.17, 15) is 14.4 Å². The summed E-state index contributed by atoms with van der Waals surface area (Å²) in [5.41, 5.74) is 1.76. The van der Waals surface area contributed by atoms with Crippen LogP contribution in [0.2, 0.25) is 0 Å². The van der Waals surface area contributed by atoms with Crippen molar-refractivity contribution in [3.63, 3.8) is 0 Å². The Morgan fingerprint density at radius 3 is 2.26 bits per heavy atom. The zero-order valence-electron chi connectivity index (χ0n) is 15.1. The standard InChI is InChI=1S/C21H20N2O4/c1-27-15-10-8-14(9-11-15)18-7-4-12-22(18)19(24)13-23-20(25)16-5-2-3-6-17(16)21(23)26/h2-3,5-6,8-11,18H,4,7,12-13H2,1H3. The van der Waals surface area contributed by atoms with Crippen LogP contribution in [0.3, 0.4) is 0 Å². The fourth-order valence-electron chi connectivity index (χ4n) is 3.85. The predicted molar refractivity (Wildman–Crippen MR) is 98.5 cm³/mol. The number of carbonyl (C=O) groups is 3. The summed E-state index contributed by atoms with van der Waals surface area (Å²) in [4.78, 5) is 40.7. The van der Waals surface area contributed by atoms with Gasteiger partial charge in [-0.15, -0.1) is 0 Å². The lowest BCUT2D eigenvalue weighted by Gasteiger charge is -2.27. The Morgan fingerprint density at radius 2 is 1.67 bits per heavy atom. The molecular weight excluding hydrogens is 344 g/mol. The van der Waals surface area contributed by atoms with E-state index in [4.69, 9.17) is 4.74 Å². The molecule has 1 unspecified atom stereocenters. The van der Waals surface area contributed by atoms with Gasteiger partial charge in [0.2, 0.25) is 5.91 Å². The Kier molecular flexibility index (Phi) is 4.39. The van der Waals surface area contributed by atoms with Gasteiger partial charge >= 0.3 is 0 Å². The number of fused-ring (bicyclic) bond motifs is 1. The lowest BCUT2D eigenvalue weighted by molar-refractivity contribution is -0.132. The Labute approximate surface area is 157 Å². The second-order valence-electron chi connectivity index (χ2n) is 6.76. The van der Waals surface area contributed by atoms with E-state index in [1.165, 1.54) is 0 Å². The van der Waals surface area contributed by atoms with Crippen molar-refractivity contribution in [2.24, 2.45) is 0 Å². The van der Waals surface area contributed by atoms with Crippen molar-refractivity contribution in [2.45, 2.75) is 18.9 Å². The SMILES string of the molecule is COc1ccc(C2CCCN2C(=O)CN2C(=O)c3ccccc3C2=O)cc1. The van der Waals surface area contributed by atoms with Crippen LogP contribution < -0.4 is 4.74 Å². The molecule has 0 aliphatic carbocycles. The van der Waals surface area contributed by atoms with Gasteiger partial charge in [0.05, 0.1) is 24.3 Å². The molecule has 0 N–H and O–H groups in total. The summed E-state index contributed by atoms with van der Waals surface area (Å²) in [7, 11) is 1.61. The molecule has 2 aromatic carbocycles. The molecule has 0 bridgehead atoms. The quantitative estimate of drug-likeness (QED) is 0.783. The Hall–Kier alpha value is -3.15. The number of imide groups is 1. The largest absolute Gasteiger partial charge is 0.497 e. The highest BCUT2D eigenvalue weighted by atomic mass is 16.5. The molecule has 0 aromatic heterocycles. The van der Waals surface area contributed by atoms with Crippen LogP contribution in [0.1, 0.15) is 45.2 Å². The van der Waals surface area contributed by atoms with Crippen LogP contribution in [0.25, 0.3) is 0 Å². The topological polar surface area (TPSA) is 66.9 Å². The summed E-state index contributed by atoms with van der Waals surface area (Å²) >= 11 is 0. The average molecular weight is 364 g/mol. The molecule has 2 aliphatic rings. The zero-order valence-corrected chi connectivity index (χ0v) is 15.1.